The summed E-state index contributed by atoms with van der Waals surface area (Å²) >= 11 is 5.80. The Kier molecular flexibility index (Phi) is 4.95. The lowest BCUT2D eigenvalue weighted by molar-refractivity contribution is -0.148. The molecule has 2 aromatic rings. The molecule has 1 aliphatic rings. The van der Waals surface area contributed by atoms with Crippen molar-refractivity contribution >= 4 is 29.5 Å². The molecule has 1 heterocycles. The highest BCUT2D eigenvalue weighted by Gasteiger charge is 2.49. The second-order valence-corrected chi connectivity index (χ2v) is 6.54. The fourth-order valence-corrected chi connectivity index (χ4v) is 2.85. The molecule has 0 aliphatic carbocycles. The number of nitrogens with zero attached hydrogens (tertiary/aromatic N) is 1. The van der Waals surface area contributed by atoms with Crippen molar-refractivity contribution in [1.29, 1.82) is 0 Å². The van der Waals surface area contributed by atoms with Gasteiger partial charge in [-0.25, -0.2) is 4.79 Å². The van der Waals surface area contributed by atoms with Crippen molar-refractivity contribution in [3.8, 4) is 0 Å². The zero-order valence-corrected chi connectivity index (χ0v) is 14.8. The van der Waals surface area contributed by atoms with Crippen LogP contribution in [0.15, 0.2) is 54.6 Å². The van der Waals surface area contributed by atoms with Gasteiger partial charge in [0.15, 0.2) is 0 Å². The van der Waals surface area contributed by atoms with Gasteiger partial charge in [0.05, 0.1) is 0 Å². The average molecular weight is 373 g/mol. The highest BCUT2D eigenvalue weighted by Crippen LogP contribution is 2.28. The summed E-state index contributed by atoms with van der Waals surface area (Å²) in [6.07, 6.45) is 0. The van der Waals surface area contributed by atoms with E-state index in [0.717, 1.165) is 10.5 Å². The Hall–Kier alpha value is -2.86. The first kappa shape index (κ1) is 17.9. The molecule has 6 nitrogen and oxygen atoms in total. The topological polar surface area (TPSA) is 75.7 Å². The zero-order valence-electron chi connectivity index (χ0n) is 14.1. The lowest BCUT2D eigenvalue weighted by Crippen LogP contribution is -2.41. The number of benzene rings is 2. The predicted octanol–water partition coefficient (Wildman–Crippen LogP) is 2.85. The molecule has 26 heavy (non-hydrogen) atoms. The molecular weight excluding hydrogens is 356 g/mol. The number of rotatable bonds is 5. The first-order chi connectivity index (χ1) is 12.4. The minimum Gasteiger partial charge on any atom is -0.459 e. The Labute approximate surface area is 155 Å². The number of esters is 1. The van der Waals surface area contributed by atoms with Crippen LogP contribution in [0.5, 0.6) is 0 Å². The largest absolute Gasteiger partial charge is 0.459 e. The van der Waals surface area contributed by atoms with Crippen LogP contribution in [0.2, 0.25) is 5.02 Å². The van der Waals surface area contributed by atoms with Gasteiger partial charge in [-0.2, -0.15) is 0 Å². The number of hydrogen-bond acceptors (Lipinski definition) is 4. The number of imide groups is 1. The maximum absolute atomic E-state index is 12.7. The van der Waals surface area contributed by atoms with E-state index < -0.39 is 30.0 Å². The molecule has 2 aromatic carbocycles. The van der Waals surface area contributed by atoms with Gasteiger partial charge < -0.3 is 10.1 Å². The van der Waals surface area contributed by atoms with Crippen LogP contribution in [-0.4, -0.2) is 29.4 Å². The van der Waals surface area contributed by atoms with Gasteiger partial charge in [-0.1, -0.05) is 54.1 Å². The lowest BCUT2D eigenvalue weighted by Gasteiger charge is -2.21. The van der Waals surface area contributed by atoms with Crippen LogP contribution >= 0.6 is 11.6 Å². The minimum atomic E-state index is -1.20. The van der Waals surface area contributed by atoms with Crippen molar-refractivity contribution < 1.29 is 19.1 Å². The van der Waals surface area contributed by atoms with Crippen LogP contribution in [0.25, 0.3) is 0 Å². The number of ether oxygens (including phenoxy) is 1. The Morgan fingerprint density at radius 1 is 1.12 bits per heavy atom. The first-order valence-electron chi connectivity index (χ1n) is 8.00. The van der Waals surface area contributed by atoms with E-state index in [1.54, 1.807) is 55.5 Å². The van der Waals surface area contributed by atoms with Crippen molar-refractivity contribution in [2.75, 3.05) is 6.54 Å². The number of nitrogens with one attached hydrogen (secondary N) is 1. The number of carbonyl (C=O) groups excluding carboxylic acids is 3. The molecule has 1 fully saturated rings. The van der Waals surface area contributed by atoms with Gasteiger partial charge in [-0.3, -0.25) is 14.5 Å². The van der Waals surface area contributed by atoms with E-state index in [2.05, 4.69) is 5.32 Å². The Bertz CT molecular complexity index is 838. The van der Waals surface area contributed by atoms with Crippen molar-refractivity contribution in [3.05, 3.63) is 70.7 Å². The number of urea groups is 1. The third kappa shape index (κ3) is 3.55. The van der Waals surface area contributed by atoms with Crippen LogP contribution < -0.4 is 5.32 Å². The second kappa shape index (κ2) is 7.17. The third-order valence-electron chi connectivity index (χ3n) is 4.23. The number of halogens is 1. The number of carbonyl (C=O) groups is 3. The molecule has 0 saturated carbocycles. The highest BCUT2D eigenvalue weighted by molar-refractivity contribution is 6.30. The number of amides is 3. The maximum atomic E-state index is 12.7. The van der Waals surface area contributed by atoms with Gasteiger partial charge in [0.1, 0.15) is 18.7 Å². The van der Waals surface area contributed by atoms with E-state index in [0.29, 0.717) is 10.6 Å². The van der Waals surface area contributed by atoms with Crippen LogP contribution in [0, 0.1) is 0 Å². The molecular formula is C19H17ClN2O4. The van der Waals surface area contributed by atoms with E-state index in [1.807, 2.05) is 6.07 Å². The molecule has 1 aliphatic heterocycles. The normalized spacial score (nSPS) is 19.4. The second-order valence-electron chi connectivity index (χ2n) is 6.10. The molecule has 0 unspecified atom stereocenters. The Morgan fingerprint density at radius 3 is 2.42 bits per heavy atom. The van der Waals surface area contributed by atoms with E-state index in [1.165, 1.54) is 0 Å². The zero-order chi connectivity index (χ0) is 18.7. The monoisotopic (exact) mass is 372 g/mol. The van der Waals surface area contributed by atoms with E-state index in [9.17, 15) is 14.4 Å². The standard InChI is InChI=1S/C19H17ClN2O4/c1-19(14-5-3-2-4-6-14)17(24)22(18(25)21-19)11-16(23)26-12-13-7-9-15(20)10-8-13/h2-10H,11-12H2,1H3,(H,21,25)/t19-/m0/s1. The fraction of sp³-hybridized carbons (Fsp3) is 0.211. The summed E-state index contributed by atoms with van der Waals surface area (Å²) < 4.78 is 5.14. The van der Waals surface area contributed by atoms with Crippen LogP contribution in [0.4, 0.5) is 4.79 Å². The Balaban J connectivity index is 1.64. The van der Waals surface area contributed by atoms with E-state index in [4.69, 9.17) is 16.3 Å². The summed E-state index contributed by atoms with van der Waals surface area (Å²) in [7, 11) is 0. The molecule has 0 radical (unpaired) electrons. The number of hydrogen-bond donors (Lipinski definition) is 1. The van der Waals surface area contributed by atoms with E-state index >= 15 is 0 Å². The first-order valence-corrected chi connectivity index (χ1v) is 8.37. The lowest BCUT2D eigenvalue weighted by atomic mass is 9.92. The molecule has 0 aromatic heterocycles. The molecule has 7 heteroatoms. The minimum absolute atomic E-state index is 0.0373. The maximum Gasteiger partial charge on any atom is 0.326 e. The van der Waals surface area contributed by atoms with Crippen molar-refractivity contribution in [2.45, 2.75) is 19.1 Å². The van der Waals surface area contributed by atoms with Gasteiger partial charge in [0.2, 0.25) is 0 Å². The molecule has 134 valence electrons. The molecule has 0 spiro atoms. The van der Waals surface area contributed by atoms with Crippen LogP contribution in [-0.2, 0) is 26.5 Å². The van der Waals surface area contributed by atoms with Gasteiger partial charge in [-0.15, -0.1) is 0 Å². The molecule has 0 bridgehead atoms. The summed E-state index contributed by atoms with van der Waals surface area (Å²) in [6, 6.07) is 15.1. The molecule has 1 saturated heterocycles. The summed E-state index contributed by atoms with van der Waals surface area (Å²) in [4.78, 5) is 37.8. The van der Waals surface area contributed by atoms with Gasteiger partial charge >= 0.3 is 12.0 Å². The summed E-state index contributed by atoms with van der Waals surface area (Å²) in [6.45, 7) is 1.21. The average Bonchev–Trinajstić information content (AvgIpc) is 2.86. The van der Waals surface area contributed by atoms with Crippen molar-refractivity contribution in [1.82, 2.24) is 10.2 Å². The highest BCUT2D eigenvalue weighted by atomic mass is 35.5. The third-order valence-corrected chi connectivity index (χ3v) is 4.48. The SMILES string of the molecule is C[C@@]1(c2ccccc2)NC(=O)N(CC(=O)OCc2ccc(Cl)cc2)C1=O. The molecule has 3 rings (SSSR count). The van der Waals surface area contributed by atoms with Gasteiger partial charge in [-0.05, 0) is 30.2 Å². The summed E-state index contributed by atoms with van der Waals surface area (Å²) in [5.74, 6) is -1.15. The van der Waals surface area contributed by atoms with Crippen LogP contribution in [0.1, 0.15) is 18.1 Å². The molecule has 1 atom stereocenters. The van der Waals surface area contributed by atoms with Crippen molar-refractivity contribution in [3.63, 3.8) is 0 Å². The van der Waals surface area contributed by atoms with Gasteiger partial charge in [0, 0.05) is 5.02 Å². The molecule has 1 N–H and O–H groups in total. The van der Waals surface area contributed by atoms with E-state index in [-0.39, 0.29) is 6.61 Å². The summed E-state index contributed by atoms with van der Waals surface area (Å²) in [5, 5.41) is 3.23. The fourth-order valence-electron chi connectivity index (χ4n) is 2.73. The van der Waals surface area contributed by atoms with Crippen LogP contribution in [0.3, 0.4) is 0 Å². The predicted molar refractivity (Wildman–Crippen MR) is 95.3 cm³/mol. The Morgan fingerprint density at radius 2 is 1.77 bits per heavy atom. The summed E-state index contributed by atoms with van der Waals surface area (Å²) in [5.41, 5.74) is 0.207. The van der Waals surface area contributed by atoms with Crippen molar-refractivity contribution in [2.24, 2.45) is 0 Å². The quantitative estimate of drug-likeness (QED) is 0.646. The smallest absolute Gasteiger partial charge is 0.326 e. The van der Waals surface area contributed by atoms with Gasteiger partial charge in [0.25, 0.3) is 5.91 Å². The molecule has 3 amide bonds.